The van der Waals surface area contributed by atoms with Crippen molar-refractivity contribution in [2.75, 3.05) is 18.9 Å². The van der Waals surface area contributed by atoms with E-state index in [1.54, 1.807) is 40.9 Å². The van der Waals surface area contributed by atoms with Gasteiger partial charge in [-0.1, -0.05) is 18.2 Å². The molecule has 0 spiro atoms. The van der Waals surface area contributed by atoms with Crippen LogP contribution in [0.5, 0.6) is 0 Å². The second-order valence-electron chi connectivity index (χ2n) is 8.95. The number of nitrogens with two attached hydrogens (primary N) is 1. The first-order valence-electron chi connectivity index (χ1n) is 11.6. The summed E-state index contributed by atoms with van der Waals surface area (Å²) < 4.78 is 1.58. The van der Waals surface area contributed by atoms with E-state index in [4.69, 9.17) is 5.73 Å². The largest absolute Gasteiger partial charge is 0.365 e. The molecular formula is C27H26N6O3. The van der Waals surface area contributed by atoms with Crippen LogP contribution in [0.2, 0.25) is 0 Å². The second kappa shape index (κ2) is 9.63. The minimum atomic E-state index is -0.615. The number of imidazole rings is 1. The highest BCUT2D eigenvalue weighted by Crippen LogP contribution is 2.22. The fourth-order valence-electron chi connectivity index (χ4n) is 4.39. The van der Waals surface area contributed by atoms with Crippen molar-refractivity contribution in [3.05, 3.63) is 101 Å². The minimum absolute atomic E-state index is 0.163. The van der Waals surface area contributed by atoms with E-state index in [1.165, 1.54) is 17.3 Å². The van der Waals surface area contributed by atoms with Crippen LogP contribution in [-0.4, -0.2) is 45.6 Å². The minimum Gasteiger partial charge on any atom is -0.365 e. The van der Waals surface area contributed by atoms with E-state index in [1.807, 2.05) is 18.2 Å². The van der Waals surface area contributed by atoms with Crippen molar-refractivity contribution in [3.8, 4) is 0 Å². The number of pyridine rings is 1. The topological polar surface area (TPSA) is 122 Å². The van der Waals surface area contributed by atoms with Gasteiger partial charge in [-0.3, -0.25) is 14.4 Å². The number of primary amides is 1. The van der Waals surface area contributed by atoms with Crippen LogP contribution in [0.1, 0.15) is 47.9 Å². The maximum absolute atomic E-state index is 12.9. The van der Waals surface area contributed by atoms with Gasteiger partial charge in [-0.25, -0.2) is 4.98 Å². The summed E-state index contributed by atoms with van der Waals surface area (Å²) in [7, 11) is 2.09. The molecule has 0 saturated carbocycles. The van der Waals surface area contributed by atoms with Gasteiger partial charge in [-0.2, -0.15) is 0 Å². The molecule has 0 aliphatic carbocycles. The molecule has 9 heteroatoms. The van der Waals surface area contributed by atoms with Gasteiger partial charge < -0.3 is 25.7 Å². The number of carbonyl (C=O) groups is 3. The van der Waals surface area contributed by atoms with Gasteiger partial charge in [-0.05, 0) is 66.6 Å². The highest BCUT2D eigenvalue weighted by molar-refractivity contribution is 6.04. The molecule has 0 saturated heterocycles. The summed E-state index contributed by atoms with van der Waals surface area (Å²) in [6, 6.07) is 16.4. The second-order valence-corrected chi connectivity index (χ2v) is 8.95. The van der Waals surface area contributed by atoms with Gasteiger partial charge in [0.1, 0.15) is 5.69 Å². The number of nitrogens with zero attached hydrogens (tertiary/aromatic N) is 3. The van der Waals surface area contributed by atoms with Crippen molar-refractivity contribution in [1.82, 2.24) is 19.6 Å². The summed E-state index contributed by atoms with van der Waals surface area (Å²) in [6.07, 6.45) is 4.24. The molecule has 0 radical (unpaired) electrons. The molecule has 9 nitrogen and oxygen atoms in total. The highest BCUT2D eigenvalue weighted by Gasteiger charge is 2.16. The Bertz CT molecular complexity index is 1490. The number of carbonyl (C=O) groups excluding carboxylic acids is 3. The summed E-state index contributed by atoms with van der Waals surface area (Å²) >= 11 is 0. The number of likely N-dealkylation sites (N-methyl/N-ethyl adjacent to an activating group) is 1. The number of hydrogen-bond donors (Lipinski definition) is 3. The molecule has 2 aromatic heterocycles. The van der Waals surface area contributed by atoms with Gasteiger partial charge in [0.25, 0.3) is 17.7 Å². The van der Waals surface area contributed by atoms with E-state index in [2.05, 4.69) is 33.6 Å². The number of aromatic nitrogens is 2. The normalized spacial score (nSPS) is 13.2. The van der Waals surface area contributed by atoms with Crippen LogP contribution in [0, 0.1) is 0 Å². The zero-order valence-electron chi connectivity index (χ0n) is 19.8. The van der Waals surface area contributed by atoms with E-state index in [0.717, 1.165) is 30.8 Å². The summed E-state index contributed by atoms with van der Waals surface area (Å²) in [5, 5.41) is 5.79. The fourth-order valence-corrected chi connectivity index (χ4v) is 4.39. The SMILES string of the molecule is CN1CCc2ccc(NC(=O)c3cccc(CNC(=O)c4cn5cccc(C(N)=O)c5n4)c3)cc2C1. The molecule has 1 aliphatic rings. The van der Waals surface area contributed by atoms with Crippen LogP contribution >= 0.6 is 0 Å². The standard InChI is InChI=1S/C27H26N6O3/c1-32-11-9-18-7-8-21(13-20(18)15-32)30-26(35)19-5-2-4-17(12-19)14-29-27(36)23-16-33-10-3-6-22(24(28)34)25(33)31-23/h2-8,10,12-13,16H,9,11,14-15H2,1H3,(H2,28,34)(H,29,36)(H,30,35). The number of nitrogens with one attached hydrogen (secondary N) is 2. The summed E-state index contributed by atoms with van der Waals surface area (Å²) in [6.45, 7) is 2.11. The Labute approximate surface area is 207 Å². The molecular weight excluding hydrogens is 456 g/mol. The van der Waals surface area contributed by atoms with Gasteiger partial charge in [0.2, 0.25) is 0 Å². The van der Waals surface area contributed by atoms with Crippen molar-refractivity contribution in [1.29, 1.82) is 0 Å². The van der Waals surface area contributed by atoms with Crippen LogP contribution in [-0.2, 0) is 19.5 Å². The molecule has 1 aliphatic heterocycles. The third-order valence-electron chi connectivity index (χ3n) is 6.29. The molecule has 5 rings (SSSR count). The maximum atomic E-state index is 12.9. The van der Waals surface area contributed by atoms with Gasteiger partial charge in [0, 0.05) is 43.3 Å². The molecule has 2 aromatic carbocycles. The Hall–Kier alpha value is -4.50. The quantitative estimate of drug-likeness (QED) is 0.390. The third-order valence-corrected chi connectivity index (χ3v) is 6.29. The van der Waals surface area contributed by atoms with Crippen LogP contribution in [0.3, 0.4) is 0 Å². The number of amides is 3. The summed E-state index contributed by atoms with van der Waals surface area (Å²) in [5.74, 6) is -1.23. The van der Waals surface area contributed by atoms with E-state index in [0.29, 0.717) is 11.2 Å². The molecule has 36 heavy (non-hydrogen) atoms. The zero-order chi connectivity index (χ0) is 25.2. The van der Waals surface area contributed by atoms with E-state index in [9.17, 15) is 14.4 Å². The number of fused-ring (bicyclic) bond motifs is 2. The predicted molar refractivity (Wildman–Crippen MR) is 136 cm³/mol. The van der Waals surface area contributed by atoms with Crippen LogP contribution in [0.4, 0.5) is 5.69 Å². The molecule has 0 fully saturated rings. The van der Waals surface area contributed by atoms with Crippen LogP contribution in [0.15, 0.2) is 67.0 Å². The number of hydrogen-bond acceptors (Lipinski definition) is 5. The number of anilines is 1. The first kappa shape index (κ1) is 23.3. The monoisotopic (exact) mass is 482 g/mol. The number of rotatable bonds is 6. The summed E-state index contributed by atoms with van der Waals surface area (Å²) in [5.41, 5.74) is 10.7. The Balaban J connectivity index is 1.25. The lowest BCUT2D eigenvalue weighted by molar-refractivity contribution is 0.0944. The smallest absolute Gasteiger partial charge is 0.271 e. The van der Waals surface area contributed by atoms with Crippen molar-refractivity contribution < 1.29 is 14.4 Å². The molecule has 4 aromatic rings. The molecule has 3 amide bonds. The van der Waals surface area contributed by atoms with Crippen LogP contribution in [0.25, 0.3) is 5.65 Å². The molecule has 0 atom stereocenters. The molecule has 0 unspecified atom stereocenters. The summed E-state index contributed by atoms with van der Waals surface area (Å²) in [4.78, 5) is 43.7. The Morgan fingerprint density at radius 1 is 1.03 bits per heavy atom. The molecule has 0 bridgehead atoms. The maximum Gasteiger partial charge on any atom is 0.271 e. The van der Waals surface area contributed by atoms with Gasteiger partial charge in [0.15, 0.2) is 5.65 Å². The molecule has 4 N–H and O–H groups in total. The van der Waals surface area contributed by atoms with E-state index in [-0.39, 0.29) is 23.7 Å². The van der Waals surface area contributed by atoms with Gasteiger partial charge in [0.05, 0.1) is 5.56 Å². The van der Waals surface area contributed by atoms with Crippen molar-refractivity contribution in [3.63, 3.8) is 0 Å². The fraction of sp³-hybridized carbons (Fsp3) is 0.185. The first-order valence-corrected chi connectivity index (χ1v) is 11.6. The lowest BCUT2D eigenvalue weighted by atomic mass is 9.99. The van der Waals surface area contributed by atoms with Crippen molar-refractivity contribution in [2.45, 2.75) is 19.5 Å². The third kappa shape index (κ3) is 4.82. The first-order chi connectivity index (χ1) is 17.4. The van der Waals surface area contributed by atoms with E-state index >= 15 is 0 Å². The lowest BCUT2D eigenvalue weighted by Gasteiger charge is -2.25. The zero-order valence-corrected chi connectivity index (χ0v) is 19.8. The number of benzene rings is 2. The molecule has 3 heterocycles. The average molecular weight is 483 g/mol. The average Bonchev–Trinajstić information content (AvgIpc) is 3.32. The highest BCUT2D eigenvalue weighted by atomic mass is 16.2. The molecule has 182 valence electrons. The van der Waals surface area contributed by atoms with E-state index < -0.39 is 11.8 Å². The van der Waals surface area contributed by atoms with Crippen LogP contribution < -0.4 is 16.4 Å². The van der Waals surface area contributed by atoms with Crippen molar-refractivity contribution >= 4 is 29.1 Å². The van der Waals surface area contributed by atoms with Gasteiger partial charge >= 0.3 is 0 Å². The Kier molecular flexibility index (Phi) is 6.22. The predicted octanol–water partition coefficient (Wildman–Crippen LogP) is 2.60. The van der Waals surface area contributed by atoms with Crippen molar-refractivity contribution in [2.24, 2.45) is 5.73 Å². The Morgan fingerprint density at radius 2 is 1.89 bits per heavy atom. The lowest BCUT2D eigenvalue weighted by Crippen LogP contribution is -2.26. The van der Waals surface area contributed by atoms with Gasteiger partial charge in [-0.15, -0.1) is 0 Å². The Morgan fingerprint density at radius 3 is 2.72 bits per heavy atom.